The van der Waals surface area contributed by atoms with Crippen LogP contribution in [0.25, 0.3) is 0 Å². The van der Waals surface area contributed by atoms with Gasteiger partial charge in [-0.2, -0.15) is 0 Å². The molecule has 0 aliphatic carbocycles. The van der Waals surface area contributed by atoms with Crippen molar-refractivity contribution >= 4 is 29.4 Å². The summed E-state index contributed by atoms with van der Waals surface area (Å²) in [5.74, 6) is 0.546. The molecule has 0 N–H and O–H groups in total. The summed E-state index contributed by atoms with van der Waals surface area (Å²) in [6, 6.07) is 0. The highest BCUT2D eigenvalue weighted by Crippen LogP contribution is 2.51. The molecule has 0 rings (SSSR count). The van der Waals surface area contributed by atoms with Crippen molar-refractivity contribution in [3.05, 3.63) is 0 Å². The molecule has 138 valence electrons. The fraction of sp³-hybridized carbons (Fsp3) is 0.944. The second kappa shape index (κ2) is 13.5. The van der Waals surface area contributed by atoms with E-state index in [0.29, 0.717) is 24.2 Å². The minimum atomic E-state index is -2.52. The monoisotopic (exact) mass is 410 g/mol. The number of carbonyl (C=O) groups excluding carboxylic acids is 1. The Morgan fingerprint density at radius 3 is 1.70 bits per heavy atom. The second-order valence-electron chi connectivity index (χ2n) is 6.86. The van der Waals surface area contributed by atoms with Crippen LogP contribution in [0.1, 0.15) is 79.1 Å². The number of halogens is 1. The smallest absolute Gasteiger partial charge is 0.324 e. The molecule has 5 heteroatoms. The molecule has 0 aromatic heterocycles. The highest BCUT2D eigenvalue weighted by Gasteiger charge is 2.31. The maximum atomic E-state index is 13.5. The van der Waals surface area contributed by atoms with E-state index in [9.17, 15) is 9.36 Å². The van der Waals surface area contributed by atoms with E-state index in [1.165, 1.54) is 25.7 Å². The topological polar surface area (TPSA) is 43.4 Å². The van der Waals surface area contributed by atoms with Gasteiger partial charge in [-0.25, -0.2) is 0 Å². The Morgan fingerprint density at radius 2 is 1.39 bits per heavy atom. The third kappa shape index (κ3) is 10.6. The van der Waals surface area contributed by atoms with Gasteiger partial charge in [-0.15, -0.1) is 0 Å². The molecule has 0 aromatic carbocycles. The van der Waals surface area contributed by atoms with Crippen LogP contribution in [0, 0.1) is 11.8 Å². The molecular formula is C18H36BrO3P. The predicted molar refractivity (Wildman–Crippen MR) is 104 cm³/mol. The van der Waals surface area contributed by atoms with Gasteiger partial charge in [-0.05, 0) is 11.8 Å². The first-order chi connectivity index (χ1) is 10.9. The van der Waals surface area contributed by atoms with Crippen LogP contribution in [-0.4, -0.2) is 24.5 Å². The van der Waals surface area contributed by atoms with E-state index in [1.54, 1.807) is 0 Å². The van der Waals surface area contributed by atoms with Crippen molar-refractivity contribution in [2.24, 2.45) is 11.8 Å². The molecule has 0 saturated carbocycles. The third-order valence-electron chi connectivity index (χ3n) is 4.77. The average molecular weight is 411 g/mol. The van der Waals surface area contributed by atoms with Crippen molar-refractivity contribution < 1.29 is 13.2 Å². The van der Waals surface area contributed by atoms with Gasteiger partial charge in [-0.1, -0.05) is 79.1 Å². The highest BCUT2D eigenvalue weighted by molar-refractivity contribution is 9.06. The summed E-state index contributed by atoms with van der Waals surface area (Å²) in [5, 5.41) is 0. The van der Waals surface area contributed by atoms with Crippen molar-refractivity contribution in [1.82, 2.24) is 0 Å². The van der Waals surface area contributed by atoms with Crippen molar-refractivity contribution in [1.29, 1.82) is 0 Å². The molecule has 0 aromatic rings. The molecule has 0 heterocycles. The first-order valence-corrected chi connectivity index (χ1v) is 12.2. The Kier molecular flexibility index (Phi) is 13.6. The van der Waals surface area contributed by atoms with E-state index in [0.717, 1.165) is 25.7 Å². The molecule has 2 atom stereocenters. The Hall–Kier alpha value is 0.180. The van der Waals surface area contributed by atoms with Gasteiger partial charge >= 0.3 is 5.97 Å². The summed E-state index contributed by atoms with van der Waals surface area (Å²) in [7, 11) is -2.52. The molecule has 0 amide bonds. The van der Waals surface area contributed by atoms with E-state index in [-0.39, 0.29) is 12.1 Å². The van der Waals surface area contributed by atoms with Crippen molar-refractivity contribution in [2.45, 2.75) is 79.1 Å². The standard InChI is InChI=1S/C18H36BrO3P/c1-5-9-11-16(7-3)13-23(21,15-18(20)22-19)14-17(8-4)12-10-6-2/h16-17H,5-15H2,1-4H3. The van der Waals surface area contributed by atoms with Crippen molar-refractivity contribution in [3.8, 4) is 0 Å². The second-order valence-corrected chi connectivity index (χ2v) is 10.4. The van der Waals surface area contributed by atoms with Gasteiger partial charge in [0.1, 0.15) is 6.16 Å². The van der Waals surface area contributed by atoms with E-state index >= 15 is 0 Å². The first kappa shape index (κ1) is 23.2. The predicted octanol–water partition coefficient (Wildman–Crippen LogP) is 6.64. The minimum absolute atomic E-state index is 0.0868. The van der Waals surface area contributed by atoms with Gasteiger partial charge in [0.2, 0.25) is 0 Å². The zero-order chi connectivity index (χ0) is 17.7. The largest absolute Gasteiger partial charge is 0.383 e. The van der Waals surface area contributed by atoms with Crippen LogP contribution in [0.3, 0.4) is 0 Å². The number of hydrogen-bond donors (Lipinski definition) is 0. The molecule has 0 saturated heterocycles. The number of hydrogen-bond acceptors (Lipinski definition) is 3. The Balaban J connectivity index is 4.98. The van der Waals surface area contributed by atoms with E-state index < -0.39 is 7.14 Å². The summed E-state index contributed by atoms with van der Waals surface area (Å²) in [4.78, 5) is 11.8. The van der Waals surface area contributed by atoms with Crippen LogP contribution in [0.4, 0.5) is 0 Å². The number of rotatable bonds is 14. The van der Waals surface area contributed by atoms with Crippen LogP contribution < -0.4 is 0 Å². The normalized spacial score (nSPS) is 16.6. The molecule has 0 spiro atoms. The minimum Gasteiger partial charge on any atom is -0.383 e. The highest BCUT2D eigenvalue weighted by atomic mass is 79.9. The molecule has 0 radical (unpaired) electrons. The van der Waals surface area contributed by atoms with Gasteiger partial charge < -0.3 is 8.39 Å². The van der Waals surface area contributed by atoms with Gasteiger partial charge in [0.15, 0.2) is 16.3 Å². The van der Waals surface area contributed by atoms with Gasteiger partial charge in [0.05, 0.1) is 7.14 Å². The van der Waals surface area contributed by atoms with Crippen molar-refractivity contribution in [2.75, 3.05) is 18.5 Å². The number of unbranched alkanes of at least 4 members (excludes halogenated alkanes) is 2. The fourth-order valence-corrected chi connectivity index (χ4v) is 7.24. The average Bonchev–Trinajstić information content (AvgIpc) is 2.55. The van der Waals surface area contributed by atoms with Crippen LogP contribution in [0.15, 0.2) is 0 Å². The zero-order valence-corrected chi connectivity index (χ0v) is 18.0. The van der Waals surface area contributed by atoms with Crippen LogP contribution >= 0.6 is 23.4 Å². The third-order valence-corrected chi connectivity index (χ3v) is 8.33. The van der Waals surface area contributed by atoms with Gasteiger partial charge in [0.25, 0.3) is 0 Å². The van der Waals surface area contributed by atoms with E-state index in [4.69, 9.17) is 0 Å². The molecule has 0 bridgehead atoms. The van der Waals surface area contributed by atoms with Crippen LogP contribution in [0.5, 0.6) is 0 Å². The molecule has 0 aliphatic heterocycles. The molecule has 0 aliphatic rings. The zero-order valence-electron chi connectivity index (χ0n) is 15.5. The number of carbonyl (C=O) groups is 1. The quantitative estimate of drug-likeness (QED) is 0.301. The van der Waals surface area contributed by atoms with Gasteiger partial charge in [0, 0.05) is 12.3 Å². The lowest BCUT2D eigenvalue weighted by molar-refractivity contribution is -0.129. The lowest BCUT2D eigenvalue weighted by atomic mass is 10.0. The Labute approximate surface area is 152 Å². The maximum absolute atomic E-state index is 13.5. The summed E-state index contributed by atoms with van der Waals surface area (Å²) < 4.78 is 18.2. The molecule has 0 fully saturated rings. The lowest BCUT2D eigenvalue weighted by Crippen LogP contribution is -2.18. The fourth-order valence-electron chi connectivity index (χ4n) is 3.24. The Bertz CT molecular complexity index is 338. The molecule has 2 unspecified atom stereocenters. The molecular weight excluding hydrogens is 375 g/mol. The first-order valence-electron chi connectivity index (χ1n) is 9.33. The van der Waals surface area contributed by atoms with Crippen LogP contribution in [-0.2, 0) is 13.2 Å². The van der Waals surface area contributed by atoms with E-state index in [1.807, 2.05) is 0 Å². The summed E-state index contributed by atoms with van der Waals surface area (Å²) in [6.45, 7) is 8.71. The van der Waals surface area contributed by atoms with Crippen LogP contribution in [0.2, 0.25) is 0 Å². The maximum Gasteiger partial charge on any atom is 0.324 e. The summed E-state index contributed by atoms with van der Waals surface area (Å²) in [6.07, 6.45) is 10.5. The van der Waals surface area contributed by atoms with Gasteiger partial charge in [-0.3, -0.25) is 4.79 Å². The van der Waals surface area contributed by atoms with E-state index in [2.05, 4.69) is 47.8 Å². The molecule has 3 nitrogen and oxygen atoms in total. The Morgan fingerprint density at radius 1 is 0.957 bits per heavy atom. The molecule has 23 heavy (non-hydrogen) atoms. The SMILES string of the molecule is CCCCC(CC)CP(=O)(CC(=O)OBr)CC(CC)CCCC. The lowest BCUT2D eigenvalue weighted by Gasteiger charge is -2.26. The van der Waals surface area contributed by atoms with Crippen molar-refractivity contribution in [3.63, 3.8) is 0 Å². The summed E-state index contributed by atoms with van der Waals surface area (Å²) >= 11 is 2.75. The summed E-state index contributed by atoms with van der Waals surface area (Å²) in [5.41, 5.74) is 0.